The number of amides is 2. The predicted octanol–water partition coefficient (Wildman–Crippen LogP) is 4.24. The summed E-state index contributed by atoms with van der Waals surface area (Å²) in [5.41, 5.74) is 6.47. The first-order valence-electron chi connectivity index (χ1n) is 8.16. The summed E-state index contributed by atoms with van der Waals surface area (Å²) >= 11 is 4.45. The minimum atomic E-state index is -0.465. The lowest BCUT2D eigenvalue weighted by Gasteiger charge is -2.06. The molecule has 0 spiro atoms. The quantitative estimate of drug-likeness (QED) is 0.399. The van der Waals surface area contributed by atoms with E-state index in [0.717, 1.165) is 10.0 Å². The SMILES string of the molecule is O=C(NNC(=O)c1sc(-c2ccco2)nc1-c1ccccc1)c1cc(Br)c[nH]1. The van der Waals surface area contributed by atoms with Gasteiger partial charge in [-0.1, -0.05) is 30.3 Å². The first-order valence-corrected chi connectivity index (χ1v) is 9.77. The second-order valence-electron chi connectivity index (χ2n) is 5.68. The van der Waals surface area contributed by atoms with E-state index >= 15 is 0 Å². The third kappa shape index (κ3) is 3.75. The number of hydrogen-bond acceptors (Lipinski definition) is 5. The average molecular weight is 457 g/mol. The summed E-state index contributed by atoms with van der Waals surface area (Å²) < 4.78 is 6.14. The average Bonchev–Trinajstić information content (AvgIpc) is 3.46. The molecular weight excluding hydrogens is 444 g/mol. The van der Waals surface area contributed by atoms with Crippen LogP contribution in [-0.2, 0) is 0 Å². The second-order valence-corrected chi connectivity index (χ2v) is 7.59. The fraction of sp³-hybridized carbons (Fsp3) is 0. The lowest BCUT2D eigenvalue weighted by atomic mass is 10.1. The van der Waals surface area contributed by atoms with Crippen molar-refractivity contribution in [3.8, 4) is 22.0 Å². The van der Waals surface area contributed by atoms with Crippen LogP contribution >= 0.6 is 27.3 Å². The number of nitrogens with zero attached hydrogens (tertiary/aromatic N) is 1. The molecule has 0 aliphatic rings. The Kier molecular flexibility index (Phi) is 5.09. The van der Waals surface area contributed by atoms with Crippen molar-refractivity contribution >= 4 is 39.1 Å². The predicted molar refractivity (Wildman–Crippen MR) is 109 cm³/mol. The van der Waals surface area contributed by atoms with E-state index in [2.05, 4.69) is 36.7 Å². The Balaban J connectivity index is 1.60. The summed E-state index contributed by atoms with van der Waals surface area (Å²) in [6.45, 7) is 0. The highest BCUT2D eigenvalue weighted by atomic mass is 79.9. The maximum atomic E-state index is 12.8. The number of benzene rings is 1. The smallest absolute Gasteiger partial charge is 0.286 e. The van der Waals surface area contributed by atoms with Crippen molar-refractivity contribution in [2.75, 3.05) is 0 Å². The van der Waals surface area contributed by atoms with Crippen LogP contribution in [0, 0.1) is 0 Å². The molecular formula is C19H13BrN4O3S. The van der Waals surface area contributed by atoms with Crippen LogP contribution in [0.2, 0.25) is 0 Å². The minimum Gasteiger partial charge on any atom is -0.462 e. The van der Waals surface area contributed by atoms with Gasteiger partial charge < -0.3 is 9.40 Å². The van der Waals surface area contributed by atoms with Crippen LogP contribution in [0.1, 0.15) is 20.2 Å². The maximum Gasteiger partial charge on any atom is 0.286 e. The molecule has 9 heteroatoms. The number of nitrogens with one attached hydrogen (secondary N) is 3. The number of aromatic nitrogens is 2. The number of halogens is 1. The number of aromatic amines is 1. The number of thiazole rings is 1. The Bertz CT molecular complexity index is 1120. The van der Waals surface area contributed by atoms with E-state index < -0.39 is 11.8 Å². The van der Waals surface area contributed by atoms with E-state index in [-0.39, 0.29) is 0 Å². The zero-order chi connectivity index (χ0) is 19.5. The maximum absolute atomic E-state index is 12.8. The molecule has 0 radical (unpaired) electrons. The molecule has 0 aliphatic carbocycles. The standard InChI is InChI=1S/C19H13BrN4O3S/c20-12-9-13(21-10-12)17(25)23-24-18(26)16-15(11-5-2-1-3-6-11)22-19(28-16)14-7-4-8-27-14/h1-10,21H,(H,23,25)(H,24,26). The largest absolute Gasteiger partial charge is 0.462 e. The molecule has 1 aromatic carbocycles. The van der Waals surface area contributed by atoms with E-state index in [4.69, 9.17) is 4.42 Å². The third-order valence-corrected chi connectivity index (χ3v) is 5.32. The van der Waals surface area contributed by atoms with E-state index in [1.54, 1.807) is 30.7 Å². The lowest BCUT2D eigenvalue weighted by molar-refractivity contribution is 0.0846. The van der Waals surface area contributed by atoms with Crippen LogP contribution in [0.15, 0.2) is 69.9 Å². The number of hydrazine groups is 1. The van der Waals surface area contributed by atoms with Gasteiger partial charge in [-0.05, 0) is 34.1 Å². The van der Waals surface area contributed by atoms with Gasteiger partial charge in [0.05, 0.1) is 12.0 Å². The molecule has 3 aromatic heterocycles. The zero-order valence-electron chi connectivity index (χ0n) is 14.2. The van der Waals surface area contributed by atoms with Crippen LogP contribution in [0.5, 0.6) is 0 Å². The molecule has 0 bridgehead atoms. The normalized spacial score (nSPS) is 10.6. The number of furan rings is 1. The summed E-state index contributed by atoms with van der Waals surface area (Å²) in [6, 6.07) is 14.5. The van der Waals surface area contributed by atoms with E-state index in [1.165, 1.54) is 11.3 Å². The summed E-state index contributed by atoms with van der Waals surface area (Å²) in [7, 11) is 0. The Morgan fingerprint density at radius 3 is 2.54 bits per heavy atom. The van der Waals surface area contributed by atoms with Crippen molar-refractivity contribution in [3.05, 3.63) is 76.0 Å². The van der Waals surface area contributed by atoms with Crippen molar-refractivity contribution in [2.45, 2.75) is 0 Å². The van der Waals surface area contributed by atoms with Gasteiger partial charge in [0.15, 0.2) is 10.8 Å². The number of hydrogen-bond donors (Lipinski definition) is 3. The fourth-order valence-electron chi connectivity index (χ4n) is 2.51. The highest BCUT2D eigenvalue weighted by Gasteiger charge is 2.22. The van der Waals surface area contributed by atoms with Gasteiger partial charge >= 0.3 is 0 Å². The molecule has 0 unspecified atom stereocenters. The van der Waals surface area contributed by atoms with Gasteiger partial charge in [0.1, 0.15) is 10.6 Å². The van der Waals surface area contributed by atoms with E-state index in [0.29, 0.717) is 27.0 Å². The Hall–Kier alpha value is -3.17. The molecule has 7 nitrogen and oxygen atoms in total. The summed E-state index contributed by atoms with van der Waals surface area (Å²) in [6.07, 6.45) is 3.18. The number of rotatable bonds is 4. The van der Waals surface area contributed by atoms with Crippen molar-refractivity contribution in [1.29, 1.82) is 0 Å². The molecule has 140 valence electrons. The van der Waals surface area contributed by atoms with Gasteiger partial charge in [-0.25, -0.2) is 4.98 Å². The molecule has 2 amide bonds. The molecule has 4 rings (SSSR count). The minimum absolute atomic E-state index is 0.316. The van der Waals surface area contributed by atoms with Crippen LogP contribution in [0.25, 0.3) is 22.0 Å². The molecule has 3 heterocycles. The molecule has 3 N–H and O–H groups in total. The van der Waals surface area contributed by atoms with Crippen LogP contribution < -0.4 is 10.9 Å². The van der Waals surface area contributed by atoms with Crippen molar-refractivity contribution < 1.29 is 14.0 Å². The summed E-state index contributed by atoms with van der Waals surface area (Å²) in [5.74, 6) is -0.356. The third-order valence-electron chi connectivity index (χ3n) is 3.79. The van der Waals surface area contributed by atoms with Gasteiger partial charge in [0.2, 0.25) is 0 Å². The van der Waals surface area contributed by atoms with Crippen LogP contribution in [-0.4, -0.2) is 21.8 Å². The first kappa shape index (κ1) is 18.2. The van der Waals surface area contributed by atoms with E-state index in [1.807, 2.05) is 30.3 Å². The van der Waals surface area contributed by atoms with Gasteiger partial charge in [-0.3, -0.25) is 20.4 Å². The summed E-state index contributed by atoms with van der Waals surface area (Å²) in [5, 5.41) is 0.577. The highest BCUT2D eigenvalue weighted by molar-refractivity contribution is 9.10. The van der Waals surface area contributed by atoms with Crippen molar-refractivity contribution in [3.63, 3.8) is 0 Å². The van der Waals surface area contributed by atoms with E-state index in [9.17, 15) is 9.59 Å². The zero-order valence-corrected chi connectivity index (χ0v) is 16.6. The molecule has 0 atom stereocenters. The van der Waals surface area contributed by atoms with Gasteiger partial charge in [-0.2, -0.15) is 0 Å². The van der Waals surface area contributed by atoms with Gasteiger partial charge in [0.25, 0.3) is 11.8 Å². The highest BCUT2D eigenvalue weighted by Crippen LogP contribution is 2.33. The number of H-pyrrole nitrogens is 1. The van der Waals surface area contributed by atoms with Crippen molar-refractivity contribution in [1.82, 2.24) is 20.8 Å². The monoisotopic (exact) mass is 456 g/mol. The van der Waals surface area contributed by atoms with Crippen molar-refractivity contribution in [2.24, 2.45) is 0 Å². The molecule has 0 saturated carbocycles. The molecule has 0 fully saturated rings. The molecule has 0 aliphatic heterocycles. The lowest BCUT2D eigenvalue weighted by Crippen LogP contribution is -2.41. The topological polar surface area (TPSA) is 100 Å². The molecule has 0 saturated heterocycles. The first-order chi connectivity index (χ1) is 13.6. The Morgan fingerprint density at radius 1 is 1.07 bits per heavy atom. The van der Waals surface area contributed by atoms with Crippen LogP contribution in [0.3, 0.4) is 0 Å². The van der Waals surface area contributed by atoms with Gasteiger partial charge in [-0.15, -0.1) is 11.3 Å². The summed E-state index contributed by atoms with van der Waals surface area (Å²) in [4.78, 5) is 32.6. The number of carbonyl (C=O) groups excluding carboxylic acids is 2. The molecule has 4 aromatic rings. The Labute approximate surface area is 171 Å². The fourth-order valence-corrected chi connectivity index (χ4v) is 3.80. The Morgan fingerprint density at radius 2 is 1.86 bits per heavy atom. The number of carbonyl (C=O) groups is 2. The van der Waals surface area contributed by atoms with Crippen LogP contribution in [0.4, 0.5) is 0 Å². The molecule has 28 heavy (non-hydrogen) atoms. The van der Waals surface area contributed by atoms with Gasteiger partial charge in [0, 0.05) is 16.2 Å². The second kappa shape index (κ2) is 7.83.